The number of aliphatic carboxylic acids is 2. The fourth-order valence-electron chi connectivity index (χ4n) is 1.42. The van der Waals surface area contributed by atoms with Crippen LogP contribution in [0.4, 0.5) is 0 Å². The molecular formula is C16H34N4O8. The van der Waals surface area contributed by atoms with Crippen LogP contribution in [0, 0.1) is 11.8 Å². The Morgan fingerprint density at radius 3 is 1.25 bits per heavy atom. The first-order chi connectivity index (χ1) is 13.1. The number of carbonyl (C=O) groups excluding carboxylic acids is 4. The number of carbonyl (C=O) groups is 4. The van der Waals surface area contributed by atoms with E-state index >= 15 is 0 Å². The topological polar surface area (TPSA) is 234 Å². The average Bonchev–Trinajstić information content (AvgIpc) is 2.65. The molecule has 28 heavy (non-hydrogen) atoms. The molecule has 0 aromatic carbocycles. The summed E-state index contributed by atoms with van der Waals surface area (Å²) < 4.78 is 0. The number of hydrogen-bond donors (Lipinski definition) is 6. The number of hydrogen-bond acceptors (Lipinski definition) is 8. The quantitative estimate of drug-likeness (QED) is 0.189. The third-order valence-electron chi connectivity index (χ3n) is 3.14. The van der Waals surface area contributed by atoms with E-state index in [1.54, 1.807) is 13.8 Å². The molecule has 0 aromatic heterocycles. The molecule has 166 valence electrons. The summed E-state index contributed by atoms with van der Waals surface area (Å²) in [6.45, 7) is 6.39. The predicted octanol–water partition coefficient (Wildman–Crippen LogP) is -6.79. The van der Waals surface area contributed by atoms with Gasteiger partial charge in [-0.1, -0.05) is 13.8 Å². The Hall–Kier alpha value is -2.28. The number of carboxylic acids is 2. The molecule has 0 rings (SSSR count). The fourth-order valence-corrected chi connectivity index (χ4v) is 1.42. The van der Waals surface area contributed by atoms with E-state index in [-0.39, 0.29) is 36.9 Å². The molecule has 0 radical (unpaired) electrons. The summed E-state index contributed by atoms with van der Waals surface area (Å²) in [5.74, 6) is -4.55. The fraction of sp³-hybridized carbons (Fsp3) is 0.750. The van der Waals surface area contributed by atoms with Gasteiger partial charge in [0.2, 0.25) is 11.8 Å². The van der Waals surface area contributed by atoms with Crippen LogP contribution < -0.4 is 32.3 Å². The van der Waals surface area contributed by atoms with Crippen molar-refractivity contribution in [1.29, 1.82) is 0 Å². The Morgan fingerprint density at radius 2 is 1.07 bits per heavy atom. The van der Waals surface area contributed by atoms with E-state index < -0.39 is 11.9 Å². The highest BCUT2D eigenvalue weighted by molar-refractivity contribution is 6.25. The molecule has 0 spiro atoms. The smallest absolute Gasteiger partial charge is 0.223 e. The van der Waals surface area contributed by atoms with Gasteiger partial charge in [-0.15, -0.1) is 0 Å². The minimum absolute atomic E-state index is 0.00250. The van der Waals surface area contributed by atoms with Gasteiger partial charge in [0.15, 0.2) is 0 Å². The van der Waals surface area contributed by atoms with Gasteiger partial charge < -0.3 is 52.1 Å². The number of aliphatic hydroxyl groups excluding tert-OH is 2. The standard InChI is InChI=1S/2C7H16N2O2.C2H2O4/c2*1-6(2-5-10)7(11)9-4-3-8;3-1(4)2(5)6/h2*6,10H,2-5,8H2,1H3,(H,9,11);(H,3,4)(H,5,6). The summed E-state index contributed by atoms with van der Waals surface area (Å²) >= 11 is 0. The molecule has 0 saturated carbocycles. The zero-order valence-corrected chi connectivity index (χ0v) is 16.6. The zero-order valence-electron chi connectivity index (χ0n) is 16.6. The van der Waals surface area contributed by atoms with E-state index in [4.69, 9.17) is 30.0 Å². The second-order valence-corrected chi connectivity index (χ2v) is 5.69. The molecule has 2 unspecified atom stereocenters. The molecule has 0 bridgehead atoms. The second kappa shape index (κ2) is 21.0. The summed E-state index contributed by atoms with van der Waals surface area (Å²) in [5.41, 5.74) is 7.20. The van der Waals surface area contributed by atoms with Crippen LogP contribution in [0.3, 0.4) is 0 Å². The van der Waals surface area contributed by atoms with Gasteiger partial charge in [-0.2, -0.15) is 0 Å². The van der Waals surface area contributed by atoms with Gasteiger partial charge in [-0.25, -0.2) is 0 Å². The summed E-state index contributed by atoms with van der Waals surface area (Å²) in [7, 11) is 0. The lowest BCUT2D eigenvalue weighted by Gasteiger charge is -2.08. The summed E-state index contributed by atoms with van der Waals surface area (Å²) in [5, 5.41) is 40.3. The number of quaternary nitrogens is 2. The van der Waals surface area contributed by atoms with E-state index in [9.17, 15) is 9.59 Å². The van der Waals surface area contributed by atoms with Crippen molar-refractivity contribution in [2.45, 2.75) is 26.7 Å². The molecule has 12 heteroatoms. The van der Waals surface area contributed by atoms with Crippen molar-refractivity contribution in [2.75, 3.05) is 39.4 Å². The average molecular weight is 410 g/mol. The van der Waals surface area contributed by atoms with Gasteiger partial charge in [0.25, 0.3) is 0 Å². The summed E-state index contributed by atoms with van der Waals surface area (Å²) in [4.78, 5) is 39.9. The molecule has 0 aromatic rings. The molecule has 0 fully saturated rings. The molecular weight excluding hydrogens is 376 g/mol. The monoisotopic (exact) mass is 410 g/mol. The van der Waals surface area contributed by atoms with Crippen LogP contribution in [-0.4, -0.2) is 73.4 Å². The Kier molecular flexibility index (Phi) is 22.9. The molecule has 2 amide bonds. The minimum Gasteiger partial charge on any atom is -0.543 e. The highest BCUT2D eigenvalue weighted by Gasteiger charge is 2.11. The SMILES string of the molecule is CC(CCO)C(=O)NCC[NH3+].CC(CCO)C(=O)NCC[NH3+].O=C([O-])C(=O)[O-]. The highest BCUT2D eigenvalue weighted by atomic mass is 16.4. The maximum Gasteiger partial charge on any atom is 0.223 e. The van der Waals surface area contributed by atoms with Crippen LogP contribution in [-0.2, 0) is 19.2 Å². The van der Waals surface area contributed by atoms with E-state index in [1.807, 2.05) is 0 Å². The van der Waals surface area contributed by atoms with Crippen molar-refractivity contribution in [2.24, 2.45) is 11.8 Å². The van der Waals surface area contributed by atoms with Crippen LogP contribution in [0.15, 0.2) is 0 Å². The number of carboxylic acid groups (broad SMARTS) is 2. The van der Waals surface area contributed by atoms with E-state index in [0.717, 1.165) is 0 Å². The van der Waals surface area contributed by atoms with E-state index in [0.29, 0.717) is 39.0 Å². The number of aliphatic hydroxyl groups is 2. The Labute approximate surface area is 164 Å². The summed E-state index contributed by atoms with van der Waals surface area (Å²) in [6.07, 6.45) is 1.06. The van der Waals surface area contributed by atoms with Crippen molar-refractivity contribution in [3.63, 3.8) is 0 Å². The van der Waals surface area contributed by atoms with Crippen molar-refractivity contribution >= 4 is 23.8 Å². The Bertz CT molecular complexity index is 408. The lowest BCUT2D eigenvalue weighted by molar-refractivity contribution is -0.365. The van der Waals surface area contributed by atoms with Gasteiger partial charge in [0.05, 0.1) is 38.1 Å². The number of rotatable bonds is 10. The maximum atomic E-state index is 11.0. The van der Waals surface area contributed by atoms with Crippen molar-refractivity contribution in [3.8, 4) is 0 Å². The maximum absolute atomic E-state index is 11.0. The van der Waals surface area contributed by atoms with Gasteiger partial charge in [0, 0.05) is 25.0 Å². The van der Waals surface area contributed by atoms with Gasteiger partial charge in [0.1, 0.15) is 0 Å². The van der Waals surface area contributed by atoms with Gasteiger partial charge in [-0.05, 0) is 12.8 Å². The van der Waals surface area contributed by atoms with Crippen molar-refractivity contribution in [3.05, 3.63) is 0 Å². The normalized spacial score (nSPS) is 11.5. The Balaban J connectivity index is -0.000000351. The molecule has 12 nitrogen and oxygen atoms in total. The molecule has 10 N–H and O–H groups in total. The molecule has 0 saturated heterocycles. The predicted molar refractivity (Wildman–Crippen MR) is 93.3 cm³/mol. The summed E-state index contributed by atoms with van der Waals surface area (Å²) in [6, 6.07) is 0. The first-order valence-corrected chi connectivity index (χ1v) is 8.86. The van der Waals surface area contributed by atoms with Crippen LogP contribution in [0.25, 0.3) is 0 Å². The van der Waals surface area contributed by atoms with Crippen LogP contribution >= 0.6 is 0 Å². The van der Waals surface area contributed by atoms with Crippen molar-refractivity contribution in [1.82, 2.24) is 10.6 Å². The highest BCUT2D eigenvalue weighted by Crippen LogP contribution is 1.99. The van der Waals surface area contributed by atoms with Gasteiger partial charge >= 0.3 is 0 Å². The molecule has 0 aliphatic heterocycles. The minimum atomic E-state index is -2.19. The lowest BCUT2D eigenvalue weighted by Crippen LogP contribution is -2.55. The molecule has 2 atom stereocenters. The van der Waals surface area contributed by atoms with Crippen LogP contribution in [0.1, 0.15) is 26.7 Å². The first-order valence-electron chi connectivity index (χ1n) is 8.86. The lowest BCUT2D eigenvalue weighted by atomic mass is 10.1. The van der Waals surface area contributed by atoms with E-state index in [2.05, 4.69) is 22.1 Å². The van der Waals surface area contributed by atoms with Crippen LogP contribution in [0.2, 0.25) is 0 Å². The third kappa shape index (κ3) is 21.8. The second-order valence-electron chi connectivity index (χ2n) is 5.69. The van der Waals surface area contributed by atoms with Gasteiger partial charge in [-0.3, -0.25) is 9.59 Å². The first kappa shape index (κ1) is 30.4. The number of amides is 2. The third-order valence-corrected chi connectivity index (χ3v) is 3.14. The largest absolute Gasteiger partial charge is 0.543 e. The molecule has 0 aliphatic rings. The Morgan fingerprint density at radius 1 is 0.786 bits per heavy atom. The molecule has 0 aliphatic carbocycles. The molecule has 0 heterocycles. The van der Waals surface area contributed by atoms with Crippen LogP contribution in [0.5, 0.6) is 0 Å². The van der Waals surface area contributed by atoms with E-state index in [1.165, 1.54) is 0 Å². The van der Waals surface area contributed by atoms with Crippen molar-refractivity contribution < 1.29 is 51.1 Å². The zero-order chi connectivity index (χ0) is 22.5. The number of nitrogens with one attached hydrogen (secondary N) is 2.